The zero-order chi connectivity index (χ0) is 15.3. The van der Waals surface area contributed by atoms with E-state index in [1.165, 1.54) is 5.56 Å². The molecule has 0 saturated heterocycles. The Hall–Kier alpha value is -1.11. The molecule has 1 fully saturated rings. The van der Waals surface area contributed by atoms with Crippen LogP contribution in [0.1, 0.15) is 70.8 Å². The Labute approximate surface area is 123 Å². The zero-order valence-corrected chi connectivity index (χ0v) is 14.0. The maximum atomic E-state index is 12.7. The molecule has 0 N–H and O–H groups in total. The van der Waals surface area contributed by atoms with Gasteiger partial charge in [0, 0.05) is 11.5 Å². The van der Waals surface area contributed by atoms with Gasteiger partial charge in [0.2, 0.25) is 0 Å². The standard InChI is InChI=1S/C19H28O/c1-8-17(2,3)14-11-9-13(10-12-14)15(20)16-18(4,5)19(16,6)7/h9-12,16H,8H2,1-7H3. The van der Waals surface area contributed by atoms with Crippen LogP contribution >= 0.6 is 0 Å². The second kappa shape index (κ2) is 4.44. The summed E-state index contributed by atoms with van der Waals surface area (Å²) in [4.78, 5) is 12.7. The summed E-state index contributed by atoms with van der Waals surface area (Å²) in [7, 11) is 0. The number of ketones is 1. The van der Waals surface area contributed by atoms with E-state index in [9.17, 15) is 4.79 Å². The van der Waals surface area contributed by atoms with Crippen molar-refractivity contribution >= 4 is 5.78 Å². The lowest BCUT2D eigenvalue weighted by atomic mass is 9.82. The topological polar surface area (TPSA) is 17.1 Å². The minimum Gasteiger partial charge on any atom is -0.294 e. The largest absolute Gasteiger partial charge is 0.294 e. The minimum absolute atomic E-state index is 0.117. The minimum atomic E-state index is 0.117. The summed E-state index contributed by atoms with van der Waals surface area (Å²) in [6.07, 6.45) is 1.10. The summed E-state index contributed by atoms with van der Waals surface area (Å²) in [5.41, 5.74) is 2.59. The van der Waals surface area contributed by atoms with Crippen molar-refractivity contribution in [2.45, 2.75) is 60.3 Å². The van der Waals surface area contributed by atoms with Gasteiger partial charge in [0.15, 0.2) is 5.78 Å². The number of hydrogen-bond acceptors (Lipinski definition) is 1. The van der Waals surface area contributed by atoms with Crippen molar-refractivity contribution in [3.8, 4) is 0 Å². The molecule has 0 aromatic heterocycles. The molecule has 1 aromatic carbocycles. The Morgan fingerprint density at radius 2 is 1.50 bits per heavy atom. The second-order valence-electron chi connectivity index (χ2n) is 8.06. The van der Waals surface area contributed by atoms with E-state index in [0.717, 1.165) is 12.0 Å². The molecule has 1 nitrogen and oxygen atoms in total. The van der Waals surface area contributed by atoms with Crippen LogP contribution < -0.4 is 0 Å². The summed E-state index contributed by atoms with van der Waals surface area (Å²) in [6.45, 7) is 15.5. The predicted molar refractivity (Wildman–Crippen MR) is 85.1 cm³/mol. The first-order valence-corrected chi connectivity index (χ1v) is 7.70. The van der Waals surface area contributed by atoms with Crippen molar-refractivity contribution in [3.05, 3.63) is 35.4 Å². The van der Waals surface area contributed by atoms with Crippen molar-refractivity contribution in [3.63, 3.8) is 0 Å². The molecule has 1 aliphatic rings. The molecule has 0 bridgehead atoms. The van der Waals surface area contributed by atoms with E-state index in [0.29, 0.717) is 5.78 Å². The van der Waals surface area contributed by atoms with E-state index >= 15 is 0 Å². The van der Waals surface area contributed by atoms with Gasteiger partial charge >= 0.3 is 0 Å². The smallest absolute Gasteiger partial charge is 0.167 e. The van der Waals surface area contributed by atoms with Crippen LogP contribution in [0.3, 0.4) is 0 Å². The Morgan fingerprint density at radius 1 is 1.05 bits per heavy atom. The molecule has 0 radical (unpaired) electrons. The van der Waals surface area contributed by atoms with Gasteiger partial charge in [-0.2, -0.15) is 0 Å². The van der Waals surface area contributed by atoms with Gasteiger partial charge in [-0.3, -0.25) is 4.79 Å². The second-order valence-corrected chi connectivity index (χ2v) is 8.06. The maximum absolute atomic E-state index is 12.7. The Balaban J connectivity index is 2.22. The van der Waals surface area contributed by atoms with E-state index in [2.05, 4.69) is 60.6 Å². The Morgan fingerprint density at radius 3 is 1.85 bits per heavy atom. The van der Waals surface area contributed by atoms with Gasteiger partial charge in [0.05, 0.1) is 0 Å². The molecule has 1 heteroatoms. The van der Waals surface area contributed by atoms with Gasteiger partial charge in [-0.1, -0.05) is 72.7 Å². The molecule has 0 spiro atoms. The van der Waals surface area contributed by atoms with Crippen LogP contribution in [0.5, 0.6) is 0 Å². The van der Waals surface area contributed by atoms with Crippen LogP contribution in [0.25, 0.3) is 0 Å². The molecular weight excluding hydrogens is 244 g/mol. The molecule has 20 heavy (non-hydrogen) atoms. The van der Waals surface area contributed by atoms with E-state index in [4.69, 9.17) is 0 Å². The Bertz CT molecular complexity index is 503. The van der Waals surface area contributed by atoms with E-state index in [-0.39, 0.29) is 22.2 Å². The molecule has 0 atom stereocenters. The average molecular weight is 272 g/mol. The van der Waals surface area contributed by atoms with E-state index < -0.39 is 0 Å². The maximum Gasteiger partial charge on any atom is 0.167 e. The fraction of sp³-hybridized carbons (Fsp3) is 0.632. The molecule has 0 unspecified atom stereocenters. The number of carbonyl (C=O) groups excluding carboxylic acids is 1. The van der Waals surface area contributed by atoms with Gasteiger partial charge in [-0.05, 0) is 28.2 Å². The molecule has 0 heterocycles. The summed E-state index contributed by atoms with van der Waals surface area (Å²) >= 11 is 0. The number of Topliss-reactive ketones (excluding diaryl/α,β-unsaturated/α-hetero) is 1. The van der Waals surface area contributed by atoms with Crippen LogP contribution in [-0.2, 0) is 5.41 Å². The Kier molecular flexibility index (Phi) is 3.40. The lowest BCUT2D eigenvalue weighted by Gasteiger charge is -2.23. The fourth-order valence-corrected chi connectivity index (χ4v) is 3.31. The van der Waals surface area contributed by atoms with Crippen LogP contribution in [0.4, 0.5) is 0 Å². The molecular formula is C19H28O. The SMILES string of the molecule is CCC(C)(C)c1ccc(C(=O)C2C(C)(C)C2(C)C)cc1. The lowest BCUT2D eigenvalue weighted by molar-refractivity contribution is 0.0945. The number of hydrogen-bond donors (Lipinski definition) is 0. The third-order valence-electron chi connectivity index (χ3n) is 6.12. The number of benzene rings is 1. The van der Waals surface area contributed by atoms with Gasteiger partial charge in [-0.25, -0.2) is 0 Å². The van der Waals surface area contributed by atoms with Crippen LogP contribution in [0, 0.1) is 16.7 Å². The molecule has 1 aromatic rings. The predicted octanol–water partition coefficient (Wildman–Crippen LogP) is 5.24. The van der Waals surface area contributed by atoms with Crippen molar-refractivity contribution in [1.82, 2.24) is 0 Å². The van der Waals surface area contributed by atoms with Crippen molar-refractivity contribution in [2.75, 3.05) is 0 Å². The highest BCUT2D eigenvalue weighted by Crippen LogP contribution is 2.69. The summed E-state index contributed by atoms with van der Waals surface area (Å²) in [5, 5.41) is 0. The van der Waals surface area contributed by atoms with Crippen molar-refractivity contribution < 1.29 is 4.79 Å². The highest BCUT2D eigenvalue weighted by molar-refractivity contribution is 6.01. The van der Waals surface area contributed by atoms with Gasteiger partial charge in [-0.15, -0.1) is 0 Å². The van der Waals surface area contributed by atoms with Crippen LogP contribution in [-0.4, -0.2) is 5.78 Å². The highest BCUT2D eigenvalue weighted by Gasteiger charge is 2.67. The fourth-order valence-electron chi connectivity index (χ4n) is 3.31. The monoisotopic (exact) mass is 272 g/mol. The third kappa shape index (κ3) is 2.12. The van der Waals surface area contributed by atoms with Crippen molar-refractivity contribution in [2.24, 2.45) is 16.7 Å². The lowest BCUT2D eigenvalue weighted by Crippen LogP contribution is -2.16. The quantitative estimate of drug-likeness (QED) is 0.685. The van der Waals surface area contributed by atoms with Crippen LogP contribution in [0.2, 0.25) is 0 Å². The molecule has 0 aliphatic heterocycles. The normalized spacial score (nSPS) is 20.8. The molecule has 2 rings (SSSR count). The van der Waals surface area contributed by atoms with Crippen LogP contribution in [0.15, 0.2) is 24.3 Å². The highest BCUT2D eigenvalue weighted by atomic mass is 16.1. The van der Waals surface area contributed by atoms with E-state index in [1.807, 2.05) is 12.1 Å². The van der Waals surface area contributed by atoms with E-state index in [1.54, 1.807) is 0 Å². The first-order valence-electron chi connectivity index (χ1n) is 7.70. The van der Waals surface area contributed by atoms with Gasteiger partial charge in [0.25, 0.3) is 0 Å². The summed E-state index contributed by atoms with van der Waals surface area (Å²) in [5.74, 6) is 0.459. The molecule has 1 saturated carbocycles. The first-order chi connectivity index (χ1) is 9.05. The van der Waals surface area contributed by atoms with Gasteiger partial charge < -0.3 is 0 Å². The first kappa shape index (κ1) is 15.3. The molecule has 110 valence electrons. The molecule has 0 amide bonds. The summed E-state index contributed by atoms with van der Waals surface area (Å²) in [6, 6.07) is 8.28. The average Bonchev–Trinajstić information content (AvgIpc) is 2.79. The number of carbonyl (C=O) groups is 1. The van der Waals surface area contributed by atoms with Gasteiger partial charge in [0.1, 0.15) is 0 Å². The van der Waals surface area contributed by atoms with Crippen molar-refractivity contribution in [1.29, 1.82) is 0 Å². The summed E-state index contributed by atoms with van der Waals surface area (Å²) < 4.78 is 0. The zero-order valence-electron chi connectivity index (χ0n) is 14.0. The molecule has 1 aliphatic carbocycles. The number of rotatable bonds is 4. The third-order valence-corrected chi connectivity index (χ3v) is 6.12.